The van der Waals surface area contributed by atoms with E-state index in [0.717, 1.165) is 89.9 Å². The summed E-state index contributed by atoms with van der Waals surface area (Å²) >= 11 is 0. The zero-order chi connectivity index (χ0) is 46.5. The van der Waals surface area contributed by atoms with Gasteiger partial charge >= 0.3 is 17.9 Å². The van der Waals surface area contributed by atoms with Gasteiger partial charge in [0.2, 0.25) is 0 Å². The van der Waals surface area contributed by atoms with Gasteiger partial charge in [-0.1, -0.05) is 241 Å². The number of hydrogen-bond acceptors (Lipinski definition) is 6. The van der Waals surface area contributed by atoms with Crippen LogP contribution in [0.3, 0.4) is 0 Å². The fourth-order valence-corrected chi connectivity index (χ4v) is 7.20. The number of rotatable bonds is 47. The minimum Gasteiger partial charge on any atom is -0.462 e. The van der Waals surface area contributed by atoms with Crippen LogP contribution in [0, 0.1) is 0 Å². The Balaban J connectivity index is 4.34. The summed E-state index contributed by atoms with van der Waals surface area (Å²) in [6.45, 7) is 6.44. The SMILES string of the molecule is CC/C=C\C/C=C\C/C=C\C/C=C\C/C=C\C/C=C\C/C=C\CCCC(=O)OCC(COC(=O)CCCCCCCCC)OC(=O)CCCCCCCCCCCCCCCCCC. The second kappa shape index (κ2) is 52.2. The highest BCUT2D eigenvalue weighted by Gasteiger charge is 2.19. The zero-order valence-corrected chi connectivity index (χ0v) is 41.8. The predicted octanol–water partition coefficient (Wildman–Crippen LogP) is 17.6. The van der Waals surface area contributed by atoms with Gasteiger partial charge in [0.15, 0.2) is 6.10 Å². The van der Waals surface area contributed by atoms with Crippen LogP contribution in [0.2, 0.25) is 0 Å². The molecule has 0 radical (unpaired) electrons. The van der Waals surface area contributed by atoms with E-state index in [1.54, 1.807) is 0 Å². The van der Waals surface area contributed by atoms with Crippen LogP contribution < -0.4 is 0 Å². The molecule has 0 aliphatic rings. The molecule has 0 N–H and O–H groups in total. The van der Waals surface area contributed by atoms with E-state index in [9.17, 15) is 14.4 Å². The van der Waals surface area contributed by atoms with E-state index in [1.165, 1.54) is 109 Å². The third-order valence-corrected chi connectivity index (χ3v) is 11.2. The molecule has 6 heteroatoms. The van der Waals surface area contributed by atoms with Crippen molar-refractivity contribution in [3.8, 4) is 0 Å². The number of allylic oxidation sites excluding steroid dienone is 14. The van der Waals surface area contributed by atoms with Gasteiger partial charge in [-0.25, -0.2) is 0 Å². The third kappa shape index (κ3) is 49.6. The summed E-state index contributed by atoms with van der Waals surface area (Å²) in [6.07, 6.45) is 67.3. The summed E-state index contributed by atoms with van der Waals surface area (Å²) in [5, 5.41) is 0. The molecule has 64 heavy (non-hydrogen) atoms. The van der Waals surface area contributed by atoms with Crippen LogP contribution in [0.15, 0.2) is 85.1 Å². The lowest BCUT2D eigenvalue weighted by molar-refractivity contribution is -0.167. The monoisotopic (exact) mass is 891 g/mol. The van der Waals surface area contributed by atoms with Gasteiger partial charge < -0.3 is 14.2 Å². The molecule has 1 atom stereocenters. The molecule has 0 aliphatic heterocycles. The summed E-state index contributed by atoms with van der Waals surface area (Å²) in [7, 11) is 0. The van der Waals surface area contributed by atoms with Crippen LogP contribution in [-0.4, -0.2) is 37.2 Å². The van der Waals surface area contributed by atoms with E-state index in [4.69, 9.17) is 14.2 Å². The quantitative estimate of drug-likeness (QED) is 0.0262. The normalized spacial score (nSPS) is 12.7. The highest BCUT2D eigenvalue weighted by Crippen LogP contribution is 2.15. The largest absolute Gasteiger partial charge is 0.462 e. The Hall–Kier alpha value is -3.41. The topological polar surface area (TPSA) is 78.9 Å². The first-order chi connectivity index (χ1) is 31.5. The lowest BCUT2D eigenvalue weighted by Crippen LogP contribution is -2.30. The second-order valence-electron chi connectivity index (χ2n) is 17.4. The summed E-state index contributed by atoms with van der Waals surface area (Å²) in [5.74, 6) is -0.959. The first-order valence-electron chi connectivity index (χ1n) is 26.6. The molecule has 1 unspecified atom stereocenters. The molecule has 0 aromatic rings. The molecule has 0 aromatic carbocycles. The van der Waals surface area contributed by atoms with Gasteiger partial charge in [0.25, 0.3) is 0 Å². The van der Waals surface area contributed by atoms with Crippen molar-refractivity contribution in [1.82, 2.24) is 0 Å². The molecule has 0 spiro atoms. The van der Waals surface area contributed by atoms with Crippen molar-refractivity contribution in [3.05, 3.63) is 85.1 Å². The van der Waals surface area contributed by atoms with Crippen molar-refractivity contribution >= 4 is 17.9 Å². The van der Waals surface area contributed by atoms with E-state index in [2.05, 4.69) is 106 Å². The Bertz CT molecular complexity index is 1250. The second-order valence-corrected chi connectivity index (χ2v) is 17.4. The van der Waals surface area contributed by atoms with Gasteiger partial charge in [-0.15, -0.1) is 0 Å². The molecule has 0 bridgehead atoms. The summed E-state index contributed by atoms with van der Waals surface area (Å²) in [6, 6.07) is 0. The lowest BCUT2D eigenvalue weighted by Gasteiger charge is -2.18. The number of hydrogen-bond donors (Lipinski definition) is 0. The van der Waals surface area contributed by atoms with Gasteiger partial charge in [-0.05, 0) is 70.6 Å². The van der Waals surface area contributed by atoms with Crippen LogP contribution in [0.1, 0.15) is 245 Å². The minimum atomic E-state index is -0.795. The lowest BCUT2D eigenvalue weighted by atomic mass is 10.0. The Kier molecular flexibility index (Phi) is 49.4. The first-order valence-corrected chi connectivity index (χ1v) is 26.6. The Morgan fingerprint density at radius 1 is 0.328 bits per heavy atom. The molecule has 0 aromatic heterocycles. The van der Waals surface area contributed by atoms with Crippen LogP contribution in [0.25, 0.3) is 0 Å². The summed E-state index contributed by atoms with van der Waals surface area (Å²) in [4.78, 5) is 37.8. The first kappa shape index (κ1) is 60.6. The Morgan fingerprint density at radius 2 is 0.609 bits per heavy atom. The van der Waals surface area contributed by atoms with Crippen molar-refractivity contribution in [2.75, 3.05) is 13.2 Å². The van der Waals surface area contributed by atoms with Crippen molar-refractivity contribution < 1.29 is 28.6 Å². The minimum absolute atomic E-state index is 0.0926. The van der Waals surface area contributed by atoms with Crippen LogP contribution in [0.4, 0.5) is 0 Å². The van der Waals surface area contributed by atoms with Gasteiger partial charge in [-0.3, -0.25) is 14.4 Å². The average Bonchev–Trinajstić information content (AvgIpc) is 3.29. The zero-order valence-electron chi connectivity index (χ0n) is 41.8. The molecule has 0 rings (SSSR count). The number of carbonyl (C=O) groups is 3. The maximum atomic E-state index is 12.8. The predicted molar refractivity (Wildman–Crippen MR) is 274 cm³/mol. The average molecular weight is 891 g/mol. The van der Waals surface area contributed by atoms with Crippen molar-refractivity contribution in [2.24, 2.45) is 0 Å². The maximum Gasteiger partial charge on any atom is 0.306 e. The molecule has 0 amide bonds. The van der Waals surface area contributed by atoms with Crippen LogP contribution in [-0.2, 0) is 28.6 Å². The Morgan fingerprint density at radius 3 is 0.953 bits per heavy atom. The Labute approximate surface area is 395 Å². The molecule has 6 nitrogen and oxygen atoms in total. The highest BCUT2D eigenvalue weighted by atomic mass is 16.6. The molecule has 0 aliphatic carbocycles. The fraction of sp³-hybridized carbons (Fsp3) is 0.707. The third-order valence-electron chi connectivity index (χ3n) is 11.2. The number of esters is 3. The van der Waals surface area contributed by atoms with E-state index >= 15 is 0 Å². The molecule has 366 valence electrons. The van der Waals surface area contributed by atoms with E-state index in [-0.39, 0.29) is 37.5 Å². The maximum absolute atomic E-state index is 12.8. The molecular formula is C58H98O6. The number of ether oxygens (including phenoxy) is 3. The molecule has 0 saturated heterocycles. The highest BCUT2D eigenvalue weighted by molar-refractivity contribution is 5.71. The van der Waals surface area contributed by atoms with Gasteiger partial charge in [0.1, 0.15) is 13.2 Å². The number of carbonyl (C=O) groups excluding carboxylic acids is 3. The molecule has 0 heterocycles. The van der Waals surface area contributed by atoms with Crippen molar-refractivity contribution in [2.45, 2.75) is 252 Å². The molecule has 0 saturated carbocycles. The molecular weight excluding hydrogens is 793 g/mol. The summed E-state index contributed by atoms with van der Waals surface area (Å²) in [5.41, 5.74) is 0. The van der Waals surface area contributed by atoms with Gasteiger partial charge in [0, 0.05) is 19.3 Å². The fourth-order valence-electron chi connectivity index (χ4n) is 7.20. The van der Waals surface area contributed by atoms with E-state index in [1.807, 2.05) is 0 Å². The van der Waals surface area contributed by atoms with E-state index < -0.39 is 6.10 Å². The molecule has 0 fully saturated rings. The summed E-state index contributed by atoms with van der Waals surface area (Å²) < 4.78 is 16.7. The van der Waals surface area contributed by atoms with Crippen molar-refractivity contribution in [1.29, 1.82) is 0 Å². The number of unbranched alkanes of at least 4 members (excludes halogenated alkanes) is 22. The van der Waals surface area contributed by atoms with Gasteiger partial charge in [0.05, 0.1) is 0 Å². The van der Waals surface area contributed by atoms with Crippen LogP contribution >= 0.6 is 0 Å². The van der Waals surface area contributed by atoms with Crippen LogP contribution in [0.5, 0.6) is 0 Å². The smallest absolute Gasteiger partial charge is 0.306 e. The van der Waals surface area contributed by atoms with E-state index in [0.29, 0.717) is 19.3 Å². The van der Waals surface area contributed by atoms with Gasteiger partial charge in [-0.2, -0.15) is 0 Å². The standard InChI is InChI=1S/C58H98O6/c1-4-7-10-13-16-18-20-22-24-26-27-28-29-30-31-32-34-35-37-39-42-45-48-51-57(60)63-54-55(53-62-56(59)50-47-44-41-15-12-9-6-3)64-58(61)52-49-46-43-40-38-36-33-25-23-21-19-17-14-11-8-5-2/h7,10,16,18,22,24,27-28,30-31,34-35,39,42,55H,4-6,8-9,11-15,17,19-21,23,25-26,29,32-33,36-38,40-41,43-54H2,1-3H3/b10-7-,18-16-,24-22-,28-27-,31-30-,35-34-,42-39-. The van der Waals surface area contributed by atoms with Crippen molar-refractivity contribution in [3.63, 3.8) is 0 Å².